The summed E-state index contributed by atoms with van der Waals surface area (Å²) in [7, 11) is 0. The fourth-order valence-corrected chi connectivity index (χ4v) is 2.02. The number of carboxylic acid groups (broad SMARTS) is 1. The normalized spacial score (nSPS) is 12.0. The maximum atomic E-state index is 11.4. The third kappa shape index (κ3) is 2.85. The van der Waals surface area contributed by atoms with Crippen LogP contribution in [0.25, 0.3) is 0 Å². The van der Waals surface area contributed by atoms with E-state index in [4.69, 9.17) is 0 Å². The Balaban J connectivity index is 2.35. The third-order valence-electron chi connectivity index (χ3n) is 3.03. The summed E-state index contributed by atoms with van der Waals surface area (Å²) in [4.78, 5) is 11.4. The van der Waals surface area contributed by atoms with Gasteiger partial charge in [0.2, 0.25) is 0 Å². The first-order valence-electron chi connectivity index (χ1n) is 5.87. The molecule has 0 saturated carbocycles. The van der Waals surface area contributed by atoms with Crippen LogP contribution in [0.4, 0.5) is 0 Å². The summed E-state index contributed by atoms with van der Waals surface area (Å²) in [5.41, 5.74) is 0.886. The number of carboxylic acids is 1. The van der Waals surface area contributed by atoms with Crippen molar-refractivity contribution in [1.29, 1.82) is 0 Å². The predicted octanol–water partition coefficient (Wildman–Crippen LogP) is 2.51. The van der Waals surface area contributed by atoms with Gasteiger partial charge in [-0.3, -0.25) is 4.79 Å². The number of rotatable bonds is 4. The van der Waals surface area contributed by atoms with Gasteiger partial charge in [0.15, 0.2) is 0 Å². The Bertz CT molecular complexity index is 592. The summed E-state index contributed by atoms with van der Waals surface area (Å²) in [5.74, 6) is -1.92. The van der Waals surface area contributed by atoms with Crippen molar-refractivity contribution in [3.63, 3.8) is 0 Å². The Morgan fingerprint density at radius 2 is 1.53 bits per heavy atom. The molecule has 0 bridgehead atoms. The van der Waals surface area contributed by atoms with Crippen LogP contribution in [0.2, 0.25) is 0 Å². The Hall–Kier alpha value is -2.49. The minimum atomic E-state index is -1.04. The van der Waals surface area contributed by atoms with Crippen molar-refractivity contribution in [2.24, 2.45) is 0 Å². The molecule has 4 heteroatoms. The molecule has 2 aromatic rings. The SMILES string of the molecule is O=C(O)C(Cc1ccccc1O)c1ccccc1O. The van der Waals surface area contributed by atoms with Crippen LogP contribution in [0.3, 0.4) is 0 Å². The number of phenols is 2. The quantitative estimate of drug-likeness (QED) is 0.787. The second-order valence-corrected chi connectivity index (χ2v) is 4.28. The van der Waals surface area contributed by atoms with Crippen LogP contribution in [0.5, 0.6) is 11.5 Å². The molecule has 2 rings (SSSR count). The highest BCUT2D eigenvalue weighted by Gasteiger charge is 2.24. The molecule has 0 aliphatic carbocycles. The minimum Gasteiger partial charge on any atom is -0.508 e. The molecule has 2 aromatic carbocycles. The number of hydrogen-bond donors (Lipinski definition) is 3. The molecule has 1 atom stereocenters. The lowest BCUT2D eigenvalue weighted by Gasteiger charge is -2.15. The van der Waals surface area contributed by atoms with Crippen LogP contribution in [0, 0.1) is 0 Å². The summed E-state index contributed by atoms with van der Waals surface area (Å²) in [6.07, 6.45) is 0.125. The van der Waals surface area contributed by atoms with Gasteiger partial charge in [0.25, 0.3) is 0 Å². The van der Waals surface area contributed by atoms with Gasteiger partial charge in [-0.25, -0.2) is 0 Å². The zero-order valence-electron chi connectivity index (χ0n) is 10.2. The van der Waals surface area contributed by atoms with E-state index in [1.165, 1.54) is 12.1 Å². The first-order valence-corrected chi connectivity index (χ1v) is 5.87. The number of carbonyl (C=O) groups is 1. The van der Waals surface area contributed by atoms with E-state index in [-0.39, 0.29) is 17.9 Å². The van der Waals surface area contributed by atoms with Crippen molar-refractivity contribution in [3.05, 3.63) is 59.7 Å². The van der Waals surface area contributed by atoms with Gasteiger partial charge in [0.1, 0.15) is 11.5 Å². The fraction of sp³-hybridized carbons (Fsp3) is 0.133. The highest BCUT2D eigenvalue weighted by molar-refractivity contribution is 5.77. The average Bonchev–Trinajstić information content (AvgIpc) is 2.38. The van der Waals surface area contributed by atoms with Gasteiger partial charge >= 0.3 is 5.97 Å². The van der Waals surface area contributed by atoms with Crippen LogP contribution >= 0.6 is 0 Å². The van der Waals surface area contributed by atoms with E-state index in [0.717, 1.165) is 0 Å². The van der Waals surface area contributed by atoms with E-state index in [0.29, 0.717) is 11.1 Å². The topological polar surface area (TPSA) is 77.8 Å². The molecule has 0 aliphatic rings. The van der Waals surface area contributed by atoms with Gasteiger partial charge in [-0.15, -0.1) is 0 Å². The second kappa shape index (κ2) is 5.44. The molecule has 0 aliphatic heterocycles. The van der Waals surface area contributed by atoms with E-state index >= 15 is 0 Å². The van der Waals surface area contributed by atoms with E-state index in [1.54, 1.807) is 36.4 Å². The molecule has 19 heavy (non-hydrogen) atoms. The van der Waals surface area contributed by atoms with Crippen LogP contribution in [0.15, 0.2) is 48.5 Å². The second-order valence-electron chi connectivity index (χ2n) is 4.28. The molecule has 98 valence electrons. The van der Waals surface area contributed by atoms with Crippen molar-refractivity contribution in [2.45, 2.75) is 12.3 Å². The largest absolute Gasteiger partial charge is 0.508 e. The Morgan fingerprint density at radius 1 is 0.947 bits per heavy atom. The van der Waals surface area contributed by atoms with Crippen molar-refractivity contribution < 1.29 is 20.1 Å². The summed E-state index contributed by atoms with van der Waals surface area (Å²) in [5, 5.41) is 28.8. The van der Waals surface area contributed by atoms with Crippen molar-refractivity contribution in [3.8, 4) is 11.5 Å². The molecule has 0 saturated heterocycles. The Morgan fingerprint density at radius 3 is 2.11 bits per heavy atom. The number of phenolic OH excluding ortho intramolecular Hbond substituents is 2. The standard InChI is InChI=1S/C15H14O4/c16-13-7-3-1-5-10(13)9-12(15(18)19)11-6-2-4-8-14(11)17/h1-8,12,16-17H,9H2,(H,18,19). The zero-order chi connectivity index (χ0) is 13.8. The lowest BCUT2D eigenvalue weighted by molar-refractivity contribution is -0.138. The molecular weight excluding hydrogens is 244 g/mol. The Labute approximate surface area is 110 Å². The molecule has 0 aromatic heterocycles. The van der Waals surface area contributed by atoms with Crippen LogP contribution in [-0.4, -0.2) is 21.3 Å². The van der Waals surface area contributed by atoms with Gasteiger partial charge in [0, 0.05) is 5.56 Å². The zero-order valence-corrected chi connectivity index (χ0v) is 10.2. The smallest absolute Gasteiger partial charge is 0.311 e. The molecule has 0 amide bonds. The highest BCUT2D eigenvalue weighted by atomic mass is 16.4. The lowest BCUT2D eigenvalue weighted by Crippen LogP contribution is -2.14. The number of para-hydroxylation sites is 2. The van der Waals surface area contributed by atoms with Crippen LogP contribution in [0.1, 0.15) is 17.0 Å². The van der Waals surface area contributed by atoms with Crippen molar-refractivity contribution in [2.75, 3.05) is 0 Å². The van der Waals surface area contributed by atoms with E-state index in [9.17, 15) is 20.1 Å². The molecule has 0 fully saturated rings. The average molecular weight is 258 g/mol. The molecule has 0 heterocycles. The van der Waals surface area contributed by atoms with E-state index < -0.39 is 11.9 Å². The summed E-state index contributed by atoms with van der Waals surface area (Å²) >= 11 is 0. The molecule has 4 nitrogen and oxygen atoms in total. The van der Waals surface area contributed by atoms with E-state index in [1.807, 2.05) is 0 Å². The summed E-state index contributed by atoms with van der Waals surface area (Å²) < 4.78 is 0. The highest BCUT2D eigenvalue weighted by Crippen LogP contribution is 2.30. The number of benzene rings is 2. The monoisotopic (exact) mass is 258 g/mol. The number of aromatic hydroxyl groups is 2. The summed E-state index contributed by atoms with van der Waals surface area (Å²) in [6, 6.07) is 12.9. The minimum absolute atomic E-state index is 0.0506. The van der Waals surface area contributed by atoms with Crippen LogP contribution < -0.4 is 0 Å². The number of aliphatic carboxylic acids is 1. The van der Waals surface area contributed by atoms with Gasteiger partial charge in [-0.2, -0.15) is 0 Å². The number of hydrogen-bond acceptors (Lipinski definition) is 3. The first kappa shape index (κ1) is 13.0. The third-order valence-corrected chi connectivity index (χ3v) is 3.03. The molecule has 0 spiro atoms. The maximum Gasteiger partial charge on any atom is 0.311 e. The van der Waals surface area contributed by atoms with Crippen molar-refractivity contribution >= 4 is 5.97 Å². The van der Waals surface area contributed by atoms with Crippen molar-refractivity contribution in [1.82, 2.24) is 0 Å². The van der Waals surface area contributed by atoms with Gasteiger partial charge in [0.05, 0.1) is 5.92 Å². The van der Waals surface area contributed by atoms with Gasteiger partial charge in [-0.05, 0) is 24.1 Å². The Kier molecular flexibility index (Phi) is 3.71. The molecule has 1 unspecified atom stereocenters. The molecular formula is C15H14O4. The lowest BCUT2D eigenvalue weighted by atomic mass is 9.91. The predicted molar refractivity (Wildman–Crippen MR) is 70.3 cm³/mol. The maximum absolute atomic E-state index is 11.4. The summed E-state index contributed by atoms with van der Waals surface area (Å²) in [6.45, 7) is 0. The molecule has 3 N–H and O–H groups in total. The van der Waals surface area contributed by atoms with Crippen LogP contribution in [-0.2, 0) is 11.2 Å². The van der Waals surface area contributed by atoms with Gasteiger partial charge < -0.3 is 15.3 Å². The van der Waals surface area contributed by atoms with E-state index in [2.05, 4.69) is 0 Å². The first-order chi connectivity index (χ1) is 9.09. The fourth-order valence-electron chi connectivity index (χ4n) is 2.02. The molecule has 0 radical (unpaired) electrons. The van der Waals surface area contributed by atoms with Gasteiger partial charge in [-0.1, -0.05) is 36.4 Å².